The van der Waals surface area contributed by atoms with Gasteiger partial charge in [0, 0.05) is 45.7 Å². The van der Waals surface area contributed by atoms with Crippen LogP contribution in [0.4, 0.5) is 5.69 Å². The topological polar surface area (TPSA) is 77.4 Å². The lowest BCUT2D eigenvalue weighted by molar-refractivity contribution is -0.143. The van der Waals surface area contributed by atoms with Crippen LogP contribution in [0.3, 0.4) is 0 Å². The molecule has 29 heavy (non-hydrogen) atoms. The van der Waals surface area contributed by atoms with Crippen LogP contribution in [-0.4, -0.2) is 67.8 Å². The number of guanidine groups is 1. The van der Waals surface area contributed by atoms with Gasteiger partial charge < -0.3 is 25.0 Å². The van der Waals surface area contributed by atoms with Crippen LogP contribution >= 0.6 is 0 Å². The fourth-order valence-electron chi connectivity index (χ4n) is 3.47. The number of ether oxygens (including phenoxy) is 1. The van der Waals surface area contributed by atoms with Gasteiger partial charge in [-0.15, -0.1) is 0 Å². The van der Waals surface area contributed by atoms with E-state index in [9.17, 15) is 9.90 Å². The lowest BCUT2D eigenvalue weighted by Gasteiger charge is -2.37. The van der Waals surface area contributed by atoms with Crippen molar-refractivity contribution in [1.29, 1.82) is 0 Å². The fraction of sp³-hybridized carbons (Fsp3) is 0.636. The average Bonchev–Trinajstić information content (AvgIpc) is 2.73. The van der Waals surface area contributed by atoms with Crippen LogP contribution in [0.5, 0.6) is 5.75 Å². The number of aliphatic imine (C=N–C) groups is 1. The van der Waals surface area contributed by atoms with E-state index in [1.54, 1.807) is 6.07 Å². The van der Waals surface area contributed by atoms with Gasteiger partial charge in [-0.1, -0.05) is 25.0 Å². The van der Waals surface area contributed by atoms with Gasteiger partial charge in [0.1, 0.15) is 5.75 Å². The first-order valence-electron chi connectivity index (χ1n) is 10.9. The van der Waals surface area contributed by atoms with E-state index in [1.807, 2.05) is 25.1 Å². The Morgan fingerprint density at radius 3 is 2.52 bits per heavy atom. The normalized spacial score (nSPS) is 14.8. The van der Waals surface area contributed by atoms with Crippen molar-refractivity contribution >= 4 is 17.6 Å². The average molecular weight is 405 g/mol. The zero-order valence-electron chi connectivity index (χ0n) is 17.9. The number of carbonyl (C=O) groups excluding carboxylic acids is 1. The Morgan fingerprint density at radius 1 is 1.10 bits per heavy atom. The molecule has 0 aromatic heterocycles. The molecule has 2 N–H and O–H groups in total. The number of piperazine rings is 1. The van der Waals surface area contributed by atoms with Crippen molar-refractivity contribution in [3.05, 3.63) is 24.3 Å². The van der Waals surface area contributed by atoms with E-state index < -0.39 is 0 Å². The maximum atomic E-state index is 11.3. The Labute approximate surface area is 174 Å². The molecule has 1 heterocycles. The third kappa shape index (κ3) is 7.83. The van der Waals surface area contributed by atoms with E-state index in [4.69, 9.17) is 9.73 Å². The molecule has 7 heteroatoms. The Morgan fingerprint density at radius 2 is 1.83 bits per heavy atom. The van der Waals surface area contributed by atoms with Gasteiger partial charge in [0.25, 0.3) is 0 Å². The summed E-state index contributed by atoms with van der Waals surface area (Å²) in [7, 11) is 0. The first-order chi connectivity index (χ1) is 14.2. The summed E-state index contributed by atoms with van der Waals surface area (Å²) in [6, 6.07) is 7.51. The number of hydrogen-bond donors (Lipinski definition) is 2. The van der Waals surface area contributed by atoms with Crippen molar-refractivity contribution in [3.63, 3.8) is 0 Å². The molecule has 1 aromatic rings. The highest BCUT2D eigenvalue weighted by Gasteiger charge is 2.21. The predicted molar refractivity (Wildman–Crippen MR) is 118 cm³/mol. The second kappa shape index (κ2) is 12.9. The molecule has 162 valence electrons. The highest BCUT2D eigenvalue weighted by molar-refractivity contribution is 5.80. The number of esters is 1. The summed E-state index contributed by atoms with van der Waals surface area (Å²) in [5.41, 5.74) is 0.900. The Kier molecular flexibility index (Phi) is 10.2. The summed E-state index contributed by atoms with van der Waals surface area (Å²) < 4.78 is 4.95. The molecule has 0 spiro atoms. The predicted octanol–water partition coefficient (Wildman–Crippen LogP) is 2.99. The van der Waals surface area contributed by atoms with Crippen molar-refractivity contribution in [2.75, 3.05) is 50.8 Å². The van der Waals surface area contributed by atoms with E-state index in [0.29, 0.717) is 18.8 Å². The van der Waals surface area contributed by atoms with Gasteiger partial charge in [-0.05, 0) is 38.8 Å². The summed E-state index contributed by atoms with van der Waals surface area (Å²) in [5.74, 6) is 1.21. The summed E-state index contributed by atoms with van der Waals surface area (Å²) in [6.07, 6.45) is 4.53. The molecule has 0 unspecified atom stereocenters. The number of hydrogen-bond acceptors (Lipinski definition) is 5. The number of phenols is 1. The molecule has 1 aliphatic rings. The van der Waals surface area contributed by atoms with Crippen LogP contribution in [0.2, 0.25) is 0 Å². The number of nitrogens with one attached hydrogen (secondary N) is 1. The minimum absolute atomic E-state index is 0.0945. The molecule has 7 nitrogen and oxygen atoms in total. The molecule has 0 atom stereocenters. The Balaban J connectivity index is 1.72. The molecule has 0 bridgehead atoms. The molecule has 1 aromatic carbocycles. The summed E-state index contributed by atoms with van der Waals surface area (Å²) in [5, 5.41) is 13.5. The Hall–Kier alpha value is -2.44. The number of nitrogens with zero attached hydrogens (tertiary/aromatic N) is 3. The molecule has 1 aliphatic heterocycles. The summed E-state index contributed by atoms with van der Waals surface area (Å²) in [4.78, 5) is 20.6. The first kappa shape index (κ1) is 22.8. The van der Waals surface area contributed by atoms with Gasteiger partial charge >= 0.3 is 5.97 Å². The molecule has 0 amide bonds. The van der Waals surface area contributed by atoms with Crippen molar-refractivity contribution in [1.82, 2.24) is 10.2 Å². The van der Waals surface area contributed by atoms with Crippen LogP contribution in [0.1, 0.15) is 46.0 Å². The number of rotatable bonds is 10. The number of phenolic OH excluding ortho intramolecular Hbond substituents is 1. The number of unbranched alkanes of at least 4 members (excludes halogenated alkanes) is 3. The zero-order valence-corrected chi connectivity index (χ0v) is 17.9. The minimum atomic E-state index is -0.0945. The number of benzene rings is 1. The van der Waals surface area contributed by atoms with E-state index in [1.165, 1.54) is 0 Å². The third-order valence-corrected chi connectivity index (χ3v) is 4.99. The van der Waals surface area contributed by atoms with E-state index in [-0.39, 0.29) is 5.97 Å². The lowest BCUT2D eigenvalue weighted by Crippen LogP contribution is -2.52. The lowest BCUT2D eigenvalue weighted by atomic mass is 10.1. The van der Waals surface area contributed by atoms with Crippen LogP contribution in [0.25, 0.3) is 0 Å². The van der Waals surface area contributed by atoms with Gasteiger partial charge in [-0.3, -0.25) is 9.79 Å². The van der Waals surface area contributed by atoms with Crippen molar-refractivity contribution in [2.45, 2.75) is 46.0 Å². The maximum absolute atomic E-state index is 11.3. The van der Waals surface area contributed by atoms with Crippen molar-refractivity contribution in [2.24, 2.45) is 4.99 Å². The van der Waals surface area contributed by atoms with Gasteiger partial charge in [0.2, 0.25) is 0 Å². The van der Waals surface area contributed by atoms with Crippen molar-refractivity contribution in [3.8, 4) is 5.75 Å². The van der Waals surface area contributed by atoms with Gasteiger partial charge in [-0.2, -0.15) is 0 Å². The van der Waals surface area contributed by atoms with E-state index in [0.717, 1.165) is 76.6 Å². The molecular weight excluding hydrogens is 368 g/mol. The van der Waals surface area contributed by atoms with Gasteiger partial charge in [0.15, 0.2) is 5.96 Å². The van der Waals surface area contributed by atoms with Gasteiger partial charge in [0.05, 0.1) is 12.3 Å². The number of para-hydroxylation sites is 2. The monoisotopic (exact) mass is 404 g/mol. The third-order valence-electron chi connectivity index (χ3n) is 4.99. The largest absolute Gasteiger partial charge is 0.506 e. The molecule has 0 aliphatic carbocycles. The van der Waals surface area contributed by atoms with Crippen LogP contribution < -0.4 is 10.2 Å². The standard InChI is InChI=1S/C22H36N4O3/c1-3-23-22(24-14-10-6-5-7-13-21(28)29-4-2)26-17-15-25(16-18-26)19-11-8-9-12-20(19)27/h8-9,11-12,27H,3-7,10,13-18H2,1-2H3,(H,23,24). The van der Waals surface area contributed by atoms with E-state index in [2.05, 4.69) is 22.0 Å². The quantitative estimate of drug-likeness (QED) is 0.270. The SMILES string of the molecule is CCNC(=NCCCCCCC(=O)OCC)N1CCN(c2ccccc2O)CC1. The highest BCUT2D eigenvalue weighted by Crippen LogP contribution is 2.27. The summed E-state index contributed by atoms with van der Waals surface area (Å²) >= 11 is 0. The van der Waals surface area contributed by atoms with E-state index >= 15 is 0 Å². The molecule has 1 saturated heterocycles. The van der Waals surface area contributed by atoms with Gasteiger partial charge in [-0.25, -0.2) is 0 Å². The van der Waals surface area contributed by atoms with Crippen LogP contribution in [0, 0.1) is 0 Å². The van der Waals surface area contributed by atoms with Crippen molar-refractivity contribution < 1.29 is 14.6 Å². The molecule has 2 rings (SSSR count). The summed E-state index contributed by atoms with van der Waals surface area (Å²) in [6.45, 7) is 9.48. The minimum Gasteiger partial charge on any atom is -0.506 e. The molecule has 0 radical (unpaired) electrons. The Bertz CT molecular complexity index is 643. The zero-order chi connectivity index (χ0) is 20.9. The number of carbonyl (C=O) groups is 1. The molecule has 1 fully saturated rings. The molecule has 0 saturated carbocycles. The molecular formula is C22H36N4O3. The highest BCUT2D eigenvalue weighted by atomic mass is 16.5. The number of anilines is 1. The van der Waals surface area contributed by atoms with Crippen LogP contribution in [-0.2, 0) is 9.53 Å². The number of aromatic hydroxyl groups is 1. The smallest absolute Gasteiger partial charge is 0.305 e. The second-order valence-corrected chi connectivity index (χ2v) is 7.17. The fourth-order valence-corrected chi connectivity index (χ4v) is 3.47. The maximum Gasteiger partial charge on any atom is 0.305 e. The van der Waals surface area contributed by atoms with Crippen LogP contribution in [0.15, 0.2) is 29.3 Å². The first-order valence-corrected chi connectivity index (χ1v) is 10.9. The second-order valence-electron chi connectivity index (χ2n) is 7.17.